The number of hydrogen-bond acceptors (Lipinski definition) is 2. The third kappa shape index (κ3) is 1.07. The number of carbonyl (C=O) groups is 1. The third-order valence-corrected chi connectivity index (χ3v) is 1.13. The van der Waals surface area contributed by atoms with Gasteiger partial charge in [0, 0.05) is 5.69 Å². The lowest BCUT2D eigenvalue weighted by molar-refractivity contribution is 0.0698. The normalized spacial score (nSPS) is 10.6. The van der Waals surface area contributed by atoms with E-state index in [2.05, 4.69) is 0 Å². The Morgan fingerprint density at radius 3 is 2.90 bits per heavy atom. The molecule has 0 aliphatic heterocycles. The molecule has 0 bridgehead atoms. The monoisotopic (exact) mass is 139 g/mol. The molecule has 1 rings (SSSR count). The van der Waals surface area contributed by atoms with E-state index in [-0.39, 0.29) is 17.3 Å². The summed E-state index contributed by atoms with van der Waals surface area (Å²) in [5.41, 5.74) is 5.50. The summed E-state index contributed by atoms with van der Waals surface area (Å²) >= 11 is 0. The predicted octanol–water partition coefficient (Wildman–Crippen LogP) is 0.967. The Morgan fingerprint density at radius 1 is 1.70 bits per heavy atom. The van der Waals surface area contributed by atoms with Crippen molar-refractivity contribution in [3.05, 3.63) is 29.8 Å². The lowest BCUT2D eigenvalue weighted by atomic mass is 10.2. The molecule has 1 aromatic rings. The lowest BCUT2D eigenvalue weighted by Gasteiger charge is -1.96. The summed E-state index contributed by atoms with van der Waals surface area (Å²) in [5.74, 6) is -1.10. The van der Waals surface area contributed by atoms with E-state index in [0.29, 0.717) is 0 Å². The SMILES string of the molecule is [3H]c1ccc(N)c(C(=O)O)c1. The van der Waals surface area contributed by atoms with Gasteiger partial charge >= 0.3 is 5.97 Å². The Hall–Kier alpha value is -1.51. The van der Waals surface area contributed by atoms with Gasteiger partial charge < -0.3 is 10.8 Å². The van der Waals surface area contributed by atoms with Crippen molar-refractivity contribution < 1.29 is 11.3 Å². The number of nitrogen functional groups attached to an aromatic ring is 1. The molecule has 0 amide bonds. The molecule has 10 heavy (non-hydrogen) atoms. The van der Waals surface area contributed by atoms with E-state index in [9.17, 15) is 4.79 Å². The van der Waals surface area contributed by atoms with Crippen molar-refractivity contribution in [3.8, 4) is 0 Å². The van der Waals surface area contributed by atoms with Crippen molar-refractivity contribution >= 4 is 11.7 Å². The molecule has 0 heterocycles. The van der Waals surface area contributed by atoms with Gasteiger partial charge in [0.25, 0.3) is 0 Å². The maximum atomic E-state index is 10.4. The van der Waals surface area contributed by atoms with Crippen LogP contribution in [0, 0.1) is 0 Å². The maximum Gasteiger partial charge on any atom is 0.337 e. The van der Waals surface area contributed by atoms with Gasteiger partial charge in [-0.25, -0.2) is 4.79 Å². The minimum Gasteiger partial charge on any atom is -0.478 e. The van der Waals surface area contributed by atoms with Gasteiger partial charge in [0.2, 0.25) is 0 Å². The summed E-state index contributed by atoms with van der Waals surface area (Å²) in [6.45, 7) is 0. The number of anilines is 1. The zero-order valence-electron chi connectivity index (χ0n) is 6.16. The van der Waals surface area contributed by atoms with Crippen LogP contribution in [0.4, 0.5) is 5.69 Å². The second kappa shape index (κ2) is 2.39. The van der Waals surface area contributed by atoms with E-state index >= 15 is 0 Å². The summed E-state index contributed by atoms with van der Waals surface area (Å²) in [5, 5.41) is 8.53. The highest BCUT2D eigenvalue weighted by Gasteiger charge is 2.03. The highest BCUT2D eigenvalue weighted by atomic mass is 16.4. The van der Waals surface area contributed by atoms with E-state index < -0.39 is 5.97 Å². The quantitative estimate of drug-likeness (QED) is 0.570. The number of carboxylic acid groups (broad SMARTS) is 1. The van der Waals surface area contributed by atoms with Crippen LogP contribution in [0.5, 0.6) is 0 Å². The second-order valence-electron chi connectivity index (χ2n) is 1.82. The first-order chi connectivity index (χ1) is 5.11. The first-order valence-corrected chi connectivity index (χ1v) is 2.70. The van der Waals surface area contributed by atoms with E-state index in [0.717, 1.165) is 0 Å². The van der Waals surface area contributed by atoms with Gasteiger partial charge in [0.15, 0.2) is 0 Å². The molecule has 0 radical (unpaired) electrons. The molecule has 0 spiro atoms. The van der Waals surface area contributed by atoms with Crippen LogP contribution in [0.1, 0.15) is 11.7 Å². The van der Waals surface area contributed by atoms with Crippen molar-refractivity contribution in [2.24, 2.45) is 0 Å². The van der Waals surface area contributed by atoms with Crippen LogP contribution >= 0.6 is 0 Å². The van der Waals surface area contributed by atoms with Gasteiger partial charge in [-0.1, -0.05) is 12.1 Å². The molecular weight excluding hydrogens is 130 g/mol. The highest BCUT2D eigenvalue weighted by molar-refractivity contribution is 5.93. The van der Waals surface area contributed by atoms with Gasteiger partial charge in [-0.2, -0.15) is 0 Å². The molecule has 3 N–H and O–H groups in total. The Balaban J connectivity index is 3.23. The highest BCUT2D eigenvalue weighted by Crippen LogP contribution is 2.08. The van der Waals surface area contributed by atoms with E-state index in [1.54, 1.807) is 0 Å². The summed E-state index contributed by atoms with van der Waals surface area (Å²) in [6, 6.07) is 4.22. The van der Waals surface area contributed by atoms with Crippen molar-refractivity contribution in [1.82, 2.24) is 0 Å². The van der Waals surface area contributed by atoms with Gasteiger partial charge in [-0.3, -0.25) is 0 Å². The number of hydrogen-bond donors (Lipinski definition) is 2. The average Bonchev–Trinajstić information content (AvgIpc) is 1.94. The molecule has 0 atom stereocenters. The Kier molecular flexibility index (Phi) is 1.26. The number of nitrogens with two attached hydrogens (primary N) is 1. The van der Waals surface area contributed by atoms with E-state index in [1.165, 1.54) is 18.2 Å². The molecule has 3 heteroatoms. The van der Waals surface area contributed by atoms with E-state index in [1.807, 2.05) is 0 Å². The minimum absolute atomic E-state index is 0.0162. The van der Waals surface area contributed by atoms with Gasteiger partial charge in [-0.15, -0.1) is 0 Å². The first-order valence-electron chi connectivity index (χ1n) is 3.20. The van der Waals surface area contributed by atoms with Crippen LogP contribution < -0.4 is 5.73 Å². The zero-order valence-corrected chi connectivity index (χ0v) is 5.16. The molecule has 0 aromatic heterocycles. The molecule has 0 aliphatic carbocycles. The summed E-state index contributed by atoms with van der Waals surface area (Å²) in [6.07, 6.45) is 0. The third-order valence-electron chi connectivity index (χ3n) is 1.13. The second-order valence-corrected chi connectivity index (χ2v) is 1.82. The lowest BCUT2D eigenvalue weighted by Crippen LogP contribution is -2.00. The van der Waals surface area contributed by atoms with Gasteiger partial charge in [0.05, 0.1) is 6.93 Å². The fourth-order valence-corrected chi connectivity index (χ4v) is 0.628. The van der Waals surface area contributed by atoms with Crippen molar-refractivity contribution in [1.29, 1.82) is 0 Å². The number of carboxylic acids is 1. The Labute approximate surface area is 59.5 Å². The molecule has 1 aromatic carbocycles. The van der Waals surface area contributed by atoms with Crippen LogP contribution in [0.3, 0.4) is 0 Å². The summed E-state index contributed by atoms with van der Waals surface area (Å²) in [4.78, 5) is 10.4. The molecule has 0 saturated carbocycles. The number of aromatic carboxylic acids is 1. The van der Waals surface area contributed by atoms with Crippen LogP contribution in [-0.4, -0.2) is 11.1 Å². The van der Waals surface area contributed by atoms with Crippen LogP contribution in [0.2, 0.25) is 0 Å². The fourth-order valence-electron chi connectivity index (χ4n) is 0.628. The predicted molar refractivity (Wildman–Crippen MR) is 37.8 cm³/mol. The zero-order chi connectivity index (χ0) is 8.43. The van der Waals surface area contributed by atoms with Crippen LogP contribution in [0.15, 0.2) is 24.2 Å². The summed E-state index contributed by atoms with van der Waals surface area (Å²) < 4.78 is 7.11. The fraction of sp³-hybridized carbons (Fsp3) is 0. The molecule has 0 unspecified atom stereocenters. The molecule has 52 valence electrons. The van der Waals surface area contributed by atoms with Gasteiger partial charge in [-0.05, 0) is 12.1 Å². The molecule has 0 saturated heterocycles. The Morgan fingerprint density at radius 2 is 2.40 bits per heavy atom. The molecule has 3 nitrogen and oxygen atoms in total. The maximum absolute atomic E-state index is 10.4. The topological polar surface area (TPSA) is 63.3 Å². The Bertz CT molecular complexity index is 298. The number of para-hydroxylation sites is 1. The molecule has 0 aliphatic rings. The minimum atomic E-state index is -1.10. The molecule has 0 fully saturated rings. The first kappa shape index (κ1) is 5.29. The smallest absolute Gasteiger partial charge is 0.337 e. The van der Waals surface area contributed by atoms with Crippen molar-refractivity contribution in [3.63, 3.8) is 0 Å². The average molecular weight is 139 g/mol. The van der Waals surface area contributed by atoms with E-state index in [4.69, 9.17) is 12.2 Å². The van der Waals surface area contributed by atoms with Crippen LogP contribution in [0.25, 0.3) is 0 Å². The van der Waals surface area contributed by atoms with Gasteiger partial charge in [0.1, 0.15) is 0 Å². The molecular formula is C7H7NO2. The van der Waals surface area contributed by atoms with Crippen molar-refractivity contribution in [2.75, 3.05) is 5.73 Å². The largest absolute Gasteiger partial charge is 0.478 e. The summed E-state index contributed by atoms with van der Waals surface area (Å²) in [7, 11) is 0. The van der Waals surface area contributed by atoms with Crippen LogP contribution in [-0.2, 0) is 0 Å². The number of benzene rings is 1. The standard InChI is InChI=1S/C7H7NO2/c8-6-4-2-1-3-5(6)7(9)10/h1-4H,8H2,(H,9,10)/i1T. The van der Waals surface area contributed by atoms with Crippen molar-refractivity contribution in [2.45, 2.75) is 0 Å². The number of rotatable bonds is 1.